The van der Waals surface area contributed by atoms with Crippen molar-refractivity contribution in [2.45, 2.75) is 59.2 Å². The highest BCUT2D eigenvalue weighted by Crippen LogP contribution is 2.47. The summed E-state index contributed by atoms with van der Waals surface area (Å²) in [4.78, 5) is 25.2. The van der Waals surface area contributed by atoms with Gasteiger partial charge < -0.3 is 18.9 Å². The number of benzene rings is 4. The first kappa shape index (κ1) is 31.3. The molecular weight excluding hydrogens is 564 g/mol. The van der Waals surface area contributed by atoms with Gasteiger partial charge in [-0.3, -0.25) is 0 Å². The molecule has 0 spiro atoms. The Morgan fingerprint density at radius 2 is 1.07 bits per heavy atom. The molecule has 4 aromatic carbocycles. The lowest BCUT2D eigenvalue weighted by atomic mass is 9.99. The summed E-state index contributed by atoms with van der Waals surface area (Å²) in [6.45, 7) is 12.0. The van der Waals surface area contributed by atoms with Crippen LogP contribution in [0.3, 0.4) is 0 Å². The first-order valence-electron chi connectivity index (χ1n) is 15.1. The van der Waals surface area contributed by atoms with Gasteiger partial charge >= 0.3 is 11.9 Å². The van der Waals surface area contributed by atoms with Crippen LogP contribution in [-0.4, -0.2) is 23.6 Å². The lowest BCUT2D eigenvalue weighted by Crippen LogP contribution is -2.22. The molecule has 0 radical (unpaired) electrons. The van der Waals surface area contributed by atoms with Crippen LogP contribution in [0.4, 0.5) is 0 Å². The Kier molecular flexibility index (Phi) is 9.24. The van der Waals surface area contributed by atoms with Crippen LogP contribution < -0.4 is 18.9 Å². The maximum atomic E-state index is 12.6. The smallest absolute Gasteiger partial charge is 0.336 e. The SMILES string of the molecule is CC(C)Oc1ccc(/C=C/C(=O)Oc2ccc3c(c2)C(C)c2cc(OC(=O)/C=C/c4ccc(OC(C)(C)C)cc4)ccc2-3)cc1. The van der Waals surface area contributed by atoms with Crippen LogP contribution in [0.1, 0.15) is 69.7 Å². The van der Waals surface area contributed by atoms with E-state index < -0.39 is 11.9 Å². The predicted octanol–water partition coefficient (Wildman–Crippen LogP) is 9.02. The second-order valence-corrected chi connectivity index (χ2v) is 12.2. The Morgan fingerprint density at radius 1 is 0.644 bits per heavy atom. The van der Waals surface area contributed by atoms with Crippen molar-refractivity contribution in [2.75, 3.05) is 0 Å². The van der Waals surface area contributed by atoms with E-state index in [0.717, 1.165) is 44.9 Å². The van der Waals surface area contributed by atoms with Crippen molar-refractivity contribution in [2.24, 2.45) is 0 Å². The molecule has 0 heterocycles. The molecule has 0 fully saturated rings. The molecule has 0 saturated carbocycles. The summed E-state index contributed by atoms with van der Waals surface area (Å²) >= 11 is 0. The molecule has 1 aliphatic rings. The molecule has 6 heteroatoms. The van der Waals surface area contributed by atoms with Gasteiger partial charge in [-0.25, -0.2) is 9.59 Å². The Hall–Kier alpha value is -5.10. The summed E-state index contributed by atoms with van der Waals surface area (Å²) in [5, 5.41) is 0. The van der Waals surface area contributed by atoms with E-state index in [9.17, 15) is 9.59 Å². The molecule has 230 valence electrons. The standard InChI is InChI=1S/C39H38O6/c1-25(2)42-29-13-7-27(8-14-29)11-21-37(40)43-31-17-19-33-34-20-18-32(24-36(34)26(3)35(33)23-31)44-38(41)22-12-28-9-15-30(16-10-28)45-39(4,5)6/h7-26H,1-6H3/b21-11+,22-12+. The first-order valence-corrected chi connectivity index (χ1v) is 15.1. The van der Waals surface area contributed by atoms with Crippen molar-refractivity contribution in [3.05, 3.63) is 119 Å². The fraction of sp³-hybridized carbons (Fsp3) is 0.231. The predicted molar refractivity (Wildman–Crippen MR) is 178 cm³/mol. The van der Waals surface area contributed by atoms with Gasteiger partial charge in [0.25, 0.3) is 0 Å². The van der Waals surface area contributed by atoms with E-state index in [1.54, 1.807) is 24.3 Å². The number of carbonyl (C=O) groups is 2. The molecular formula is C39H38O6. The van der Waals surface area contributed by atoms with Crippen molar-refractivity contribution >= 4 is 24.1 Å². The molecule has 0 amide bonds. The molecule has 6 nitrogen and oxygen atoms in total. The molecule has 45 heavy (non-hydrogen) atoms. The Balaban J connectivity index is 1.19. The van der Waals surface area contributed by atoms with Gasteiger partial charge in [0.15, 0.2) is 0 Å². The maximum Gasteiger partial charge on any atom is 0.336 e. The van der Waals surface area contributed by atoms with Crippen LogP contribution in [0.15, 0.2) is 97.1 Å². The molecule has 1 atom stereocenters. The fourth-order valence-electron chi connectivity index (χ4n) is 5.14. The molecule has 0 saturated heterocycles. The summed E-state index contributed by atoms with van der Waals surface area (Å²) in [5.74, 6) is 1.60. The number of rotatable bonds is 9. The van der Waals surface area contributed by atoms with E-state index in [0.29, 0.717) is 11.5 Å². The minimum Gasteiger partial charge on any atom is -0.491 e. The summed E-state index contributed by atoms with van der Waals surface area (Å²) in [6.07, 6.45) is 6.35. The quantitative estimate of drug-likeness (QED) is 0.108. The molecule has 0 aromatic heterocycles. The zero-order valence-electron chi connectivity index (χ0n) is 26.5. The Morgan fingerprint density at radius 3 is 1.49 bits per heavy atom. The average Bonchev–Trinajstić information content (AvgIpc) is 3.26. The number of fused-ring (bicyclic) bond motifs is 3. The Labute approximate surface area is 264 Å². The van der Waals surface area contributed by atoms with Crippen LogP contribution in [0, 0.1) is 0 Å². The van der Waals surface area contributed by atoms with Gasteiger partial charge in [0.05, 0.1) is 6.10 Å². The number of hydrogen-bond donors (Lipinski definition) is 0. The van der Waals surface area contributed by atoms with Gasteiger partial charge in [-0.15, -0.1) is 0 Å². The zero-order valence-corrected chi connectivity index (χ0v) is 26.5. The van der Waals surface area contributed by atoms with Crippen LogP contribution in [0.5, 0.6) is 23.0 Å². The number of carbonyl (C=O) groups excluding carboxylic acids is 2. The summed E-state index contributed by atoms with van der Waals surface area (Å²) in [7, 11) is 0. The van der Waals surface area contributed by atoms with Crippen molar-refractivity contribution in [1.29, 1.82) is 0 Å². The molecule has 1 aliphatic carbocycles. The van der Waals surface area contributed by atoms with Crippen LogP contribution in [-0.2, 0) is 9.59 Å². The normalized spacial score (nSPS) is 14.0. The largest absolute Gasteiger partial charge is 0.491 e. The number of hydrogen-bond acceptors (Lipinski definition) is 6. The lowest BCUT2D eigenvalue weighted by molar-refractivity contribution is -0.129. The maximum absolute atomic E-state index is 12.6. The number of esters is 2. The van der Waals surface area contributed by atoms with Gasteiger partial charge in [0.2, 0.25) is 0 Å². The van der Waals surface area contributed by atoms with E-state index >= 15 is 0 Å². The topological polar surface area (TPSA) is 71.1 Å². The van der Waals surface area contributed by atoms with Crippen LogP contribution >= 0.6 is 0 Å². The second-order valence-electron chi connectivity index (χ2n) is 12.2. The van der Waals surface area contributed by atoms with E-state index in [1.807, 2.05) is 107 Å². The minimum absolute atomic E-state index is 0.0267. The van der Waals surface area contributed by atoms with Crippen LogP contribution in [0.25, 0.3) is 23.3 Å². The third-order valence-electron chi connectivity index (χ3n) is 7.09. The fourth-order valence-corrected chi connectivity index (χ4v) is 5.14. The zero-order chi connectivity index (χ0) is 32.1. The van der Waals surface area contributed by atoms with E-state index in [4.69, 9.17) is 18.9 Å². The highest BCUT2D eigenvalue weighted by Gasteiger charge is 2.27. The molecule has 0 N–H and O–H groups in total. The highest BCUT2D eigenvalue weighted by molar-refractivity contribution is 5.90. The van der Waals surface area contributed by atoms with Gasteiger partial charge in [-0.1, -0.05) is 43.3 Å². The van der Waals surface area contributed by atoms with Gasteiger partial charge in [0, 0.05) is 18.1 Å². The van der Waals surface area contributed by atoms with E-state index in [1.165, 1.54) is 12.2 Å². The Bertz CT molecular complexity index is 1740. The highest BCUT2D eigenvalue weighted by atomic mass is 16.5. The van der Waals surface area contributed by atoms with Crippen LogP contribution in [0.2, 0.25) is 0 Å². The molecule has 0 bridgehead atoms. The van der Waals surface area contributed by atoms with Gasteiger partial charge in [-0.2, -0.15) is 0 Å². The molecule has 4 aromatic rings. The number of ether oxygens (including phenoxy) is 4. The van der Waals surface area contributed by atoms with Crippen molar-refractivity contribution < 1.29 is 28.5 Å². The van der Waals surface area contributed by atoms with Crippen molar-refractivity contribution in [3.8, 4) is 34.1 Å². The monoisotopic (exact) mass is 602 g/mol. The lowest BCUT2D eigenvalue weighted by Gasteiger charge is -2.21. The van der Waals surface area contributed by atoms with Crippen molar-refractivity contribution in [3.63, 3.8) is 0 Å². The van der Waals surface area contributed by atoms with Gasteiger partial charge in [-0.05, 0) is 129 Å². The summed E-state index contributed by atoms with van der Waals surface area (Å²) in [6, 6.07) is 26.4. The van der Waals surface area contributed by atoms with Crippen molar-refractivity contribution in [1.82, 2.24) is 0 Å². The molecule has 0 aliphatic heterocycles. The molecule has 5 rings (SSSR count). The third kappa shape index (κ3) is 8.30. The summed E-state index contributed by atoms with van der Waals surface area (Å²) < 4.78 is 22.8. The second kappa shape index (κ2) is 13.3. The first-order chi connectivity index (χ1) is 21.4. The molecule has 1 unspecified atom stereocenters. The minimum atomic E-state index is -0.463. The summed E-state index contributed by atoms with van der Waals surface area (Å²) in [5.41, 5.74) is 5.67. The average molecular weight is 603 g/mol. The van der Waals surface area contributed by atoms with E-state index in [-0.39, 0.29) is 17.6 Å². The van der Waals surface area contributed by atoms with E-state index in [2.05, 4.69) is 6.92 Å². The van der Waals surface area contributed by atoms with Gasteiger partial charge in [0.1, 0.15) is 28.6 Å². The third-order valence-corrected chi connectivity index (χ3v) is 7.09.